The molecule has 0 aliphatic carbocycles. The van der Waals surface area contributed by atoms with Crippen molar-refractivity contribution < 1.29 is 9.59 Å². The van der Waals surface area contributed by atoms with Gasteiger partial charge in [0.1, 0.15) is 0 Å². The van der Waals surface area contributed by atoms with Crippen LogP contribution in [0.3, 0.4) is 0 Å². The number of carbonyl (C=O) groups excluding carboxylic acids is 2. The molecule has 2 amide bonds. The van der Waals surface area contributed by atoms with E-state index in [1.54, 1.807) is 11.3 Å². The molecule has 1 unspecified atom stereocenters. The summed E-state index contributed by atoms with van der Waals surface area (Å²) in [6.45, 7) is 6.02. The molecule has 144 valence electrons. The maximum Gasteiger partial charge on any atom is 0.253 e. The number of thiazole rings is 1. The van der Waals surface area contributed by atoms with Crippen molar-refractivity contribution >= 4 is 23.2 Å². The Labute approximate surface area is 164 Å². The van der Waals surface area contributed by atoms with E-state index in [1.165, 1.54) is 0 Å². The Balaban J connectivity index is 1.59. The fourth-order valence-corrected chi connectivity index (χ4v) is 4.39. The lowest BCUT2D eigenvalue weighted by molar-refractivity contribution is -0.120. The molecule has 1 fully saturated rings. The third kappa shape index (κ3) is 5.16. The quantitative estimate of drug-likeness (QED) is 0.827. The summed E-state index contributed by atoms with van der Waals surface area (Å²) in [6, 6.07) is 7.80. The van der Waals surface area contributed by atoms with Gasteiger partial charge in [0.05, 0.1) is 10.7 Å². The van der Waals surface area contributed by atoms with Gasteiger partial charge in [0.25, 0.3) is 5.91 Å². The molecule has 1 aromatic carbocycles. The fraction of sp³-hybridized carbons (Fsp3) is 0.476. The third-order valence-electron chi connectivity index (χ3n) is 4.92. The van der Waals surface area contributed by atoms with E-state index in [1.807, 2.05) is 43.0 Å². The Hall–Kier alpha value is -2.21. The lowest BCUT2D eigenvalue weighted by Crippen LogP contribution is -2.39. The molecule has 6 heteroatoms. The number of benzene rings is 1. The molecule has 1 saturated heterocycles. The van der Waals surface area contributed by atoms with Gasteiger partial charge >= 0.3 is 0 Å². The summed E-state index contributed by atoms with van der Waals surface area (Å²) in [5.74, 6) is 0.488. The summed E-state index contributed by atoms with van der Waals surface area (Å²) < 4.78 is 0. The van der Waals surface area contributed by atoms with Crippen LogP contribution in [0.2, 0.25) is 0 Å². The number of nitrogens with one attached hydrogen (secondary N) is 1. The Morgan fingerprint density at radius 1 is 1.37 bits per heavy atom. The highest BCUT2D eigenvalue weighted by atomic mass is 32.1. The minimum absolute atomic E-state index is 0.0723. The largest absolute Gasteiger partial charge is 0.356 e. The van der Waals surface area contributed by atoms with Crippen LogP contribution in [-0.4, -0.2) is 41.3 Å². The molecule has 27 heavy (non-hydrogen) atoms. The average Bonchev–Trinajstić information content (AvgIpc) is 3.16. The van der Waals surface area contributed by atoms with E-state index >= 15 is 0 Å². The second kappa shape index (κ2) is 9.13. The molecule has 3 rings (SSSR count). The monoisotopic (exact) mass is 385 g/mol. The van der Waals surface area contributed by atoms with E-state index in [-0.39, 0.29) is 11.8 Å². The number of hydrogen-bond donors (Lipinski definition) is 1. The lowest BCUT2D eigenvalue weighted by Gasteiger charge is -2.32. The zero-order valence-electron chi connectivity index (χ0n) is 16.0. The van der Waals surface area contributed by atoms with Crippen molar-refractivity contribution in [2.75, 3.05) is 19.6 Å². The molecule has 1 atom stereocenters. The van der Waals surface area contributed by atoms with Gasteiger partial charge in [-0.05, 0) is 31.9 Å². The van der Waals surface area contributed by atoms with Gasteiger partial charge in [-0.2, -0.15) is 0 Å². The first-order chi connectivity index (χ1) is 13.1. The summed E-state index contributed by atoms with van der Waals surface area (Å²) in [5.41, 5.74) is 2.89. The van der Waals surface area contributed by atoms with E-state index in [0.717, 1.165) is 54.2 Å². The van der Waals surface area contributed by atoms with Crippen molar-refractivity contribution in [3.05, 3.63) is 51.5 Å². The minimum Gasteiger partial charge on any atom is -0.356 e. The maximum atomic E-state index is 12.8. The number of hydrogen-bond acceptors (Lipinski definition) is 4. The normalized spacial score (nSPS) is 17.0. The van der Waals surface area contributed by atoms with E-state index in [9.17, 15) is 9.59 Å². The maximum absolute atomic E-state index is 12.8. The molecule has 2 heterocycles. The van der Waals surface area contributed by atoms with Crippen LogP contribution in [0.4, 0.5) is 0 Å². The van der Waals surface area contributed by atoms with Crippen molar-refractivity contribution in [3.63, 3.8) is 0 Å². The fourth-order valence-electron chi connectivity index (χ4n) is 3.40. The highest BCUT2D eigenvalue weighted by Gasteiger charge is 2.27. The first-order valence-corrected chi connectivity index (χ1v) is 10.5. The predicted octanol–water partition coefficient (Wildman–Crippen LogP) is 3.54. The van der Waals surface area contributed by atoms with Gasteiger partial charge < -0.3 is 10.2 Å². The van der Waals surface area contributed by atoms with Gasteiger partial charge in [-0.15, -0.1) is 11.3 Å². The van der Waals surface area contributed by atoms with Gasteiger partial charge in [0.2, 0.25) is 5.91 Å². The second-order valence-electron chi connectivity index (χ2n) is 7.09. The number of rotatable bonds is 6. The van der Waals surface area contributed by atoms with Gasteiger partial charge in [0, 0.05) is 49.3 Å². The van der Waals surface area contributed by atoms with E-state index in [2.05, 4.69) is 10.7 Å². The molecule has 1 aromatic heterocycles. The first-order valence-electron chi connectivity index (χ1n) is 9.63. The standard InChI is InChI=1S/C21H27N3O2S/c1-3-19(25)22-10-9-18-14-27-20(23-18)17-8-5-11-24(13-17)21(26)16-7-4-6-15(2)12-16/h4,6-7,12,14,17H,3,5,8-11,13H2,1-2H3,(H,22,25). The van der Waals surface area contributed by atoms with Crippen molar-refractivity contribution in [2.45, 2.75) is 45.4 Å². The van der Waals surface area contributed by atoms with E-state index in [0.29, 0.717) is 18.9 Å². The molecule has 0 spiro atoms. The number of likely N-dealkylation sites (tertiary alicyclic amines) is 1. The van der Waals surface area contributed by atoms with Crippen molar-refractivity contribution in [2.24, 2.45) is 0 Å². The first kappa shape index (κ1) is 19.5. The smallest absolute Gasteiger partial charge is 0.253 e. The summed E-state index contributed by atoms with van der Waals surface area (Å²) in [7, 11) is 0. The van der Waals surface area contributed by atoms with Crippen molar-refractivity contribution in [3.8, 4) is 0 Å². The number of piperidine rings is 1. The molecule has 5 nitrogen and oxygen atoms in total. The van der Waals surface area contributed by atoms with Crippen LogP contribution in [0.1, 0.15) is 58.7 Å². The average molecular weight is 386 g/mol. The number of aromatic nitrogens is 1. The zero-order chi connectivity index (χ0) is 19.2. The summed E-state index contributed by atoms with van der Waals surface area (Å²) in [6.07, 6.45) is 3.33. The van der Waals surface area contributed by atoms with Gasteiger partial charge in [-0.3, -0.25) is 9.59 Å². The van der Waals surface area contributed by atoms with E-state index in [4.69, 9.17) is 4.98 Å². The van der Waals surface area contributed by atoms with Crippen LogP contribution in [0, 0.1) is 6.92 Å². The van der Waals surface area contributed by atoms with Crippen LogP contribution >= 0.6 is 11.3 Å². The van der Waals surface area contributed by atoms with Gasteiger partial charge in [-0.1, -0.05) is 24.6 Å². The molecule has 2 aromatic rings. The van der Waals surface area contributed by atoms with Gasteiger partial charge in [-0.25, -0.2) is 4.98 Å². The zero-order valence-corrected chi connectivity index (χ0v) is 16.8. The number of carbonyl (C=O) groups is 2. The highest BCUT2D eigenvalue weighted by molar-refractivity contribution is 7.09. The molecule has 0 saturated carbocycles. The van der Waals surface area contributed by atoms with Crippen LogP contribution in [0.5, 0.6) is 0 Å². The van der Waals surface area contributed by atoms with Crippen LogP contribution in [-0.2, 0) is 11.2 Å². The second-order valence-corrected chi connectivity index (χ2v) is 7.98. The molecule has 1 N–H and O–H groups in total. The topological polar surface area (TPSA) is 62.3 Å². The summed E-state index contributed by atoms with van der Waals surface area (Å²) in [4.78, 5) is 30.9. The van der Waals surface area contributed by atoms with Crippen LogP contribution in [0.15, 0.2) is 29.6 Å². The Morgan fingerprint density at radius 3 is 3.00 bits per heavy atom. The van der Waals surface area contributed by atoms with Gasteiger partial charge in [0.15, 0.2) is 0 Å². The summed E-state index contributed by atoms with van der Waals surface area (Å²) in [5, 5.41) is 6.07. The number of nitrogens with zero attached hydrogens (tertiary/aromatic N) is 2. The highest BCUT2D eigenvalue weighted by Crippen LogP contribution is 2.30. The molecular formula is C21H27N3O2S. The number of aryl methyl sites for hydroxylation is 1. The van der Waals surface area contributed by atoms with Crippen molar-refractivity contribution in [1.29, 1.82) is 0 Å². The van der Waals surface area contributed by atoms with Crippen molar-refractivity contribution in [1.82, 2.24) is 15.2 Å². The molecule has 0 bridgehead atoms. The number of amides is 2. The van der Waals surface area contributed by atoms with Crippen LogP contribution < -0.4 is 5.32 Å². The molecule has 1 aliphatic rings. The third-order valence-corrected chi connectivity index (χ3v) is 5.97. The minimum atomic E-state index is 0.0723. The predicted molar refractivity (Wildman–Crippen MR) is 108 cm³/mol. The molecule has 1 aliphatic heterocycles. The van der Waals surface area contributed by atoms with Crippen LogP contribution in [0.25, 0.3) is 0 Å². The molecule has 0 radical (unpaired) electrons. The summed E-state index contributed by atoms with van der Waals surface area (Å²) >= 11 is 1.67. The Kier molecular flexibility index (Phi) is 6.61. The van der Waals surface area contributed by atoms with E-state index < -0.39 is 0 Å². The molecular weight excluding hydrogens is 358 g/mol. The Morgan fingerprint density at radius 2 is 2.22 bits per heavy atom. The SMILES string of the molecule is CCC(=O)NCCc1csc(C2CCCN(C(=O)c3cccc(C)c3)C2)n1. The Bertz CT molecular complexity index is 802. The lowest BCUT2D eigenvalue weighted by atomic mass is 9.97.